The van der Waals surface area contributed by atoms with Gasteiger partial charge in [-0.25, -0.2) is 13.8 Å². The van der Waals surface area contributed by atoms with Gasteiger partial charge in [-0.3, -0.25) is 0 Å². The van der Waals surface area contributed by atoms with Gasteiger partial charge in [0.15, 0.2) is 5.96 Å². The van der Waals surface area contributed by atoms with Gasteiger partial charge in [-0.15, -0.1) is 24.0 Å². The lowest BCUT2D eigenvalue weighted by Gasteiger charge is -2.12. The van der Waals surface area contributed by atoms with Crippen molar-refractivity contribution in [3.05, 3.63) is 41.5 Å². The van der Waals surface area contributed by atoms with Gasteiger partial charge in [0.05, 0.1) is 25.4 Å². The van der Waals surface area contributed by atoms with Gasteiger partial charge in [0.1, 0.15) is 11.6 Å². The van der Waals surface area contributed by atoms with E-state index in [1.165, 1.54) is 0 Å². The molecule has 0 unspecified atom stereocenters. The smallest absolute Gasteiger partial charge is 0.193 e. The summed E-state index contributed by atoms with van der Waals surface area (Å²) in [6.45, 7) is 1.64. The van der Waals surface area contributed by atoms with E-state index in [2.05, 4.69) is 10.3 Å². The van der Waals surface area contributed by atoms with E-state index in [-0.39, 0.29) is 35.6 Å². The molecule has 0 radical (unpaired) electrons. The van der Waals surface area contributed by atoms with Crippen molar-refractivity contribution in [2.24, 2.45) is 10.7 Å². The van der Waals surface area contributed by atoms with Crippen molar-refractivity contribution < 1.29 is 13.5 Å². The summed E-state index contributed by atoms with van der Waals surface area (Å²) in [5.74, 6) is -1.09. The summed E-state index contributed by atoms with van der Waals surface area (Å²) in [5, 5.41) is 2.54. The van der Waals surface area contributed by atoms with Gasteiger partial charge < -0.3 is 15.8 Å². The summed E-state index contributed by atoms with van der Waals surface area (Å²) in [5.41, 5.74) is 6.62. The van der Waals surface area contributed by atoms with Crippen LogP contribution in [0, 0.1) is 11.6 Å². The quantitative estimate of drug-likeness (QED) is 0.358. The molecule has 1 aromatic carbocycles. The van der Waals surface area contributed by atoms with Crippen molar-refractivity contribution in [3.8, 4) is 0 Å². The highest BCUT2D eigenvalue weighted by molar-refractivity contribution is 14.0. The fourth-order valence-corrected chi connectivity index (χ4v) is 1.68. The van der Waals surface area contributed by atoms with Gasteiger partial charge in [-0.05, 0) is 24.1 Å². The molecule has 20 heavy (non-hydrogen) atoms. The zero-order chi connectivity index (χ0) is 13.7. The molecular weight excluding hydrogens is 379 g/mol. The number of nitrogens with zero attached hydrogens (tertiary/aromatic N) is 1. The molecule has 1 aromatic rings. The van der Waals surface area contributed by atoms with Gasteiger partial charge in [0, 0.05) is 6.07 Å². The first-order valence-electron chi connectivity index (χ1n) is 5.93. The second-order valence-corrected chi connectivity index (χ2v) is 4.15. The van der Waals surface area contributed by atoms with Crippen LogP contribution in [0.2, 0.25) is 0 Å². The second-order valence-electron chi connectivity index (χ2n) is 4.15. The summed E-state index contributed by atoms with van der Waals surface area (Å²) in [6.07, 6.45) is 2.90. The monoisotopic (exact) mass is 395 g/mol. The summed E-state index contributed by atoms with van der Waals surface area (Å²) >= 11 is 0. The topological polar surface area (TPSA) is 59.6 Å². The van der Waals surface area contributed by atoms with Crippen molar-refractivity contribution >= 4 is 35.6 Å². The van der Waals surface area contributed by atoms with Crippen molar-refractivity contribution in [1.82, 2.24) is 0 Å². The third-order valence-corrected chi connectivity index (χ3v) is 2.63. The molecule has 0 amide bonds. The second kappa shape index (κ2) is 8.15. The molecule has 0 aliphatic carbocycles. The number of anilines is 1. The Balaban J connectivity index is 0.00000200. The summed E-state index contributed by atoms with van der Waals surface area (Å²) in [4.78, 5) is 4.06. The molecule has 7 heteroatoms. The third kappa shape index (κ3) is 5.04. The van der Waals surface area contributed by atoms with Crippen LogP contribution in [0.4, 0.5) is 14.5 Å². The van der Waals surface area contributed by atoms with Crippen LogP contribution in [0.1, 0.15) is 6.42 Å². The fraction of sp³-hybridized carbons (Fsp3) is 0.308. The van der Waals surface area contributed by atoms with E-state index < -0.39 is 11.6 Å². The standard InChI is InChI=1S/C13H15F2N3O.HI/c14-10-3-4-11(15)12(6-10)18-13(16)17-7-9-2-1-5-19-8-9;/h2-4,6H,1,5,7-8H2,(H3,16,17,18);1H. The van der Waals surface area contributed by atoms with Gasteiger partial charge in [-0.2, -0.15) is 0 Å². The Morgan fingerprint density at radius 3 is 2.90 bits per heavy atom. The van der Waals surface area contributed by atoms with Gasteiger partial charge in [-0.1, -0.05) is 6.08 Å². The first kappa shape index (κ1) is 16.8. The van der Waals surface area contributed by atoms with Crippen LogP contribution in [0.5, 0.6) is 0 Å². The molecule has 1 aliphatic rings. The lowest BCUT2D eigenvalue weighted by molar-refractivity contribution is 0.150. The predicted molar refractivity (Wildman–Crippen MR) is 85.4 cm³/mol. The summed E-state index contributed by atoms with van der Waals surface area (Å²) < 4.78 is 31.6. The van der Waals surface area contributed by atoms with Crippen molar-refractivity contribution in [2.45, 2.75) is 6.42 Å². The van der Waals surface area contributed by atoms with E-state index in [1.807, 2.05) is 6.08 Å². The Kier molecular flexibility index (Phi) is 6.86. The number of hydrogen-bond donors (Lipinski definition) is 2. The van der Waals surface area contributed by atoms with Gasteiger partial charge >= 0.3 is 0 Å². The van der Waals surface area contributed by atoms with Gasteiger partial charge in [0.25, 0.3) is 0 Å². The molecule has 110 valence electrons. The Bertz CT molecular complexity index is 520. The highest BCUT2D eigenvalue weighted by Crippen LogP contribution is 2.14. The van der Waals surface area contributed by atoms with Crippen LogP contribution in [-0.4, -0.2) is 25.7 Å². The largest absolute Gasteiger partial charge is 0.377 e. The number of nitrogens with two attached hydrogens (primary N) is 1. The fourth-order valence-electron chi connectivity index (χ4n) is 1.68. The lowest BCUT2D eigenvalue weighted by Crippen LogP contribution is -2.24. The van der Waals surface area contributed by atoms with E-state index in [4.69, 9.17) is 10.5 Å². The summed E-state index contributed by atoms with van der Waals surface area (Å²) in [7, 11) is 0. The minimum absolute atomic E-state index is 0. The molecule has 0 saturated heterocycles. The minimum Gasteiger partial charge on any atom is -0.377 e. The normalized spacial score (nSPS) is 15.3. The molecule has 4 nitrogen and oxygen atoms in total. The molecule has 0 fully saturated rings. The number of nitrogens with one attached hydrogen (secondary N) is 1. The first-order chi connectivity index (χ1) is 9.15. The van der Waals surface area contributed by atoms with E-state index in [9.17, 15) is 8.78 Å². The van der Waals surface area contributed by atoms with E-state index in [0.717, 1.165) is 36.8 Å². The van der Waals surface area contributed by atoms with Crippen LogP contribution >= 0.6 is 24.0 Å². The number of benzene rings is 1. The van der Waals surface area contributed by atoms with E-state index in [1.54, 1.807) is 0 Å². The lowest BCUT2D eigenvalue weighted by atomic mass is 10.2. The highest BCUT2D eigenvalue weighted by Gasteiger charge is 2.06. The molecule has 0 bridgehead atoms. The van der Waals surface area contributed by atoms with Crippen molar-refractivity contribution in [3.63, 3.8) is 0 Å². The minimum atomic E-state index is -0.584. The maximum atomic E-state index is 13.4. The van der Waals surface area contributed by atoms with Crippen LogP contribution in [0.15, 0.2) is 34.8 Å². The molecule has 0 spiro atoms. The van der Waals surface area contributed by atoms with Crippen LogP contribution in [-0.2, 0) is 4.74 Å². The molecule has 2 rings (SSSR count). The average molecular weight is 395 g/mol. The molecular formula is C13H16F2IN3O. The molecule has 0 saturated carbocycles. The Morgan fingerprint density at radius 2 is 2.20 bits per heavy atom. The zero-order valence-corrected chi connectivity index (χ0v) is 13.1. The predicted octanol–water partition coefficient (Wildman–Crippen LogP) is 2.66. The number of hydrogen-bond acceptors (Lipinski definition) is 2. The Morgan fingerprint density at radius 1 is 1.40 bits per heavy atom. The number of guanidine groups is 1. The zero-order valence-electron chi connectivity index (χ0n) is 10.7. The van der Waals surface area contributed by atoms with E-state index >= 15 is 0 Å². The number of rotatable bonds is 3. The Labute approximate surface area is 133 Å². The molecule has 0 atom stereocenters. The maximum Gasteiger partial charge on any atom is 0.193 e. The van der Waals surface area contributed by atoms with Crippen molar-refractivity contribution in [2.75, 3.05) is 25.1 Å². The van der Waals surface area contributed by atoms with Crippen LogP contribution < -0.4 is 11.1 Å². The summed E-state index contributed by atoms with van der Waals surface area (Å²) in [6, 6.07) is 3.10. The molecule has 1 heterocycles. The molecule has 3 N–H and O–H groups in total. The number of aliphatic imine (C=N–C) groups is 1. The van der Waals surface area contributed by atoms with Crippen molar-refractivity contribution in [1.29, 1.82) is 0 Å². The number of halogens is 3. The SMILES string of the molecule is I.NC(=NCC1=CCCOC1)Nc1cc(F)ccc1F. The highest BCUT2D eigenvalue weighted by atomic mass is 127. The first-order valence-corrected chi connectivity index (χ1v) is 5.93. The Hall–Kier alpha value is -1.22. The van der Waals surface area contributed by atoms with E-state index in [0.29, 0.717) is 13.2 Å². The average Bonchev–Trinajstić information content (AvgIpc) is 2.42. The molecule has 1 aliphatic heterocycles. The van der Waals surface area contributed by atoms with Crippen LogP contribution in [0.3, 0.4) is 0 Å². The number of ether oxygens (including phenoxy) is 1. The van der Waals surface area contributed by atoms with Gasteiger partial charge in [0.2, 0.25) is 0 Å². The maximum absolute atomic E-state index is 13.4. The van der Waals surface area contributed by atoms with Crippen LogP contribution in [0.25, 0.3) is 0 Å². The third-order valence-electron chi connectivity index (χ3n) is 2.63. The molecule has 0 aromatic heterocycles.